The van der Waals surface area contributed by atoms with Crippen molar-refractivity contribution >= 4 is 11.3 Å². The number of hydrogen-bond donors (Lipinski definition) is 2. The van der Waals surface area contributed by atoms with Crippen LogP contribution in [0.25, 0.3) is 0 Å². The van der Waals surface area contributed by atoms with E-state index in [9.17, 15) is 5.11 Å². The van der Waals surface area contributed by atoms with Crippen LogP contribution in [0, 0.1) is 6.92 Å². The lowest BCUT2D eigenvalue weighted by molar-refractivity contribution is 0.0333. The van der Waals surface area contributed by atoms with Crippen LogP contribution in [0.15, 0.2) is 34.1 Å². The maximum absolute atomic E-state index is 10.3. The summed E-state index contributed by atoms with van der Waals surface area (Å²) >= 11 is 1.71. The molecule has 2 aromatic rings. The van der Waals surface area contributed by atoms with Gasteiger partial charge in [-0.25, -0.2) is 0 Å². The Morgan fingerprint density at radius 1 is 1.41 bits per heavy atom. The fourth-order valence-corrected chi connectivity index (χ4v) is 2.33. The summed E-state index contributed by atoms with van der Waals surface area (Å²) in [5, 5.41) is 15.6. The third kappa shape index (κ3) is 3.19. The zero-order valence-corrected chi connectivity index (χ0v) is 10.9. The van der Waals surface area contributed by atoms with Crippen LogP contribution in [0.5, 0.6) is 0 Å². The molecular formula is C13H17NO2S. The fourth-order valence-electron chi connectivity index (χ4n) is 1.65. The van der Waals surface area contributed by atoms with Gasteiger partial charge in [0.2, 0.25) is 0 Å². The first-order valence-electron chi connectivity index (χ1n) is 5.60. The summed E-state index contributed by atoms with van der Waals surface area (Å²) in [5.74, 6) is 1.42. The lowest BCUT2D eigenvalue weighted by Gasteiger charge is -2.21. The molecule has 0 amide bonds. The van der Waals surface area contributed by atoms with Crippen molar-refractivity contribution in [3.8, 4) is 0 Å². The Balaban J connectivity index is 1.89. The second-order valence-electron chi connectivity index (χ2n) is 4.37. The van der Waals surface area contributed by atoms with Crippen LogP contribution in [0.2, 0.25) is 0 Å². The maximum atomic E-state index is 10.3. The number of hydrogen-bond acceptors (Lipinski definition) is 4. The van der Waals surface area contributed by atoms with Crippen molar-refractivity contribution in [2.45, 2.75) is 26.0 Å². The van der Waals surface area contributed by atoms with Crippen molar-refractivity contribution in [2.75, 3.05) is 6.54 Å². The highest BCUT2D eigenvalue weighted by Gasteiger charge is 2.26. The van der Waals surface area contributed by atoms with Crippen molar-refractivity contribution in [1.29, 1.82) is 0 Å². The van der Waals surface area contributed by atoms with Gasteiger partial charge in [-0.05, 0) is 37.4 Å². The number of rotatable bonds is 5. The molecule has 0 bridgehead atoms. The molecule has 0 radical (unpaired) electrons. The largest absolute Gasteiger partial charge is 0.463 e. The predicted molar refractivity (Wildman–Crippen MR) is 69.0 cm³/mol. The smallest absolute Gasteiger partial charge is 0.136 e. The standard InChI is InChI=1S/C13H17NO2S/c1-10-5-6-12(16-10)13(2,15)9-14-8-11-4-3-7-17-11/h3-7,14-15H,8-9H2,1-2H3. The molecule has 4 heteroatoms. The summed E-state index contributed by atoms with van der Waals surface area (Å²) in [6, 6.07) is 7.78. The van der Waals surface area contributed by atoms with Crippen LogP contribution in [-0.4, -0.2) is 11.7 Å². The minimum absolute atomic E-state index is 0.470. The van der Waals surface area contributed by atoms with E-state index >= 15 is 0 Å². The van der Waals surface area contributed by atoms with E-state index in [0.29, 0.717) is 12.3 Å². The molecule has 2 N–H and O–H groups in total. The van der Waals surface area contributed by atoms with Gasteiger partial charge in [0, 0.05) is 18.0 Å². The fraction of sp³-hybridized carbons (Fsp3) is 0.385. The van der Waals surface area contributed by atoms with E-state index in [1.807, 2.05) is 30.5 Å². The van der Waals surface area contributed by atoms with Gasteiger partial charge in [-0.1, -0.05) is 6.07 Å². The zero-order valence-electron chi connectivity index (χ0n) is 10.1. The van der Waals surface area contributed by atoms with Gasteiger partial charge in [-0.2, -0.15) is 0 Å². The number of aryl methyl sites for hydroxylation is 1. The normalized spacial score (nSPS) is 14.8. The van der Waals surface area contributed by atoms with Gasteiger partial charge in [0.05, 0.1) is 0 Å². The van der Waals surface area contributed by atoms with Crippen LogP contribution in [-0.2, 0) is 12.1 Å². The van der Waals surface area contributed by atoms with Crippen LogP contribution in [0.1, 0.15) is 23.3 Å². The van der Waals surface area contributed by atoms with E-state index < -0.39 is 5.60 Å². The third-order valence-corrected chi connectivity index (χ3v) is 3.50. The SMILES string of the molecule is Cc1ccc(C(C)(O)CNCc2cccs2)o1. The lowest BCUT2D eigenvalue weighted by atomic mass is 10.0. The van der Waals surface area contributed by atoms with Crippen LogP contribution < -0.4 is 5.32 Å². The van der Waals surface area contributed by atoms with E-state index in [-0.39, 0.29) is 0 Å². The lowest BCUT2D eigenvalue weighted by Crippen LogP contribution is -2.34. The second-order valence-corrected chi connectivity index (χ2v) is 5.40. The molecule has 2 rings (SSSR count). The minimum Gasteiger partial charge on any atom is -0.463 e. The molecule has 0 aliphatic rings. The van der Waals surface area contributed by atoms with Gasteiger partial charge in [-0.15, -0.1) is 11.3 Å². The number of aliphatic hydroxyl groups is 1. The number of furan rings is 1. The van der Waals surface area contributed by atoms with E-state index in [4.69, 9.17) is 4.42 Å². The minimum atomic E-state index is -0.967. The molecule has 17 heavy (non-hydrogen) atoms. The Labute approximate surface area is 105 Å². The monoisotopic (exact) mass is 251 g/mol. The van der Waals surface area contributed by atoms with E-state index in [1.54, 1.807) is 18.3 Å². The first-order valence-corrected chi connectivity index (χ1v) is 6.48. The Hall–Kier alpha value is -1.10. The molecule has 0 saturated heterocycles. The molecule has 3 nitrogen and oxygen atoms in total. The molecule has 0 spiro atoms. The summed E-state index contributed by atoms with van der Waals surface area (Å²) in [6.07, 6.45) is 0. The summed E-state index contributed by atoms with van der Waals surface area (Å²) in [4.78, 5) is 1.26. The summed E-state index contributed by atoms with van der Waals surface area (Å²) in [5.41, 5.74) is -0.967. The molecule has 0 aliphatic carbocycles. The molecule has 0 fully saturated rings. The van der Waals surface area contributed by atoms with E-state index in [0.717, 1.165) is 12.3 Å². The quantitative estimate of drug-likeness (QED) is 0.858. The van der Waals surface area contributed by atoms with E-state index in [2.05, 4.69) is 11.4 Å². The highest BCUT2D eigenvalue weighted by atomic mass is 32.1. The summed E-state index contributed by atoms with van der Waals surface area (Å²) < 4.78 is 5.45. The van der Waals surface area contributed by atoms with Crippen LogP contribution >= 0.6 is 11.3 Å². The maximum Gasteiger partial charge on any atom is 0.136 e. The van der Waals surface area contributed by atoms with Crippen molar-refractivity contribution in [1.82, 2.24) is 5.32 Å². The van der Waals surface area contributed by atoms with Gasteiger partial charge in [-0.3, -0.25) is 0 Å². The highest BCUT2D eigenvalue weighted by molar-refractivity contribution is 7.09. The van der Waals surface area contributed by atoms with Crippen molar-refractivity contribution in [3.63, 3.8) is 0 Å². The van der Waals surface area contributed by atoms with Crippen molar-refractivity contribution in [2.24, 2.45) is 0 Å². The average molecular weight is 251 g/mol. The van der Waals surface area contributed by atoms with Gasteiger partial charge in [0.25, 0.3) is 0 Å². The summed E-state index contributed by atoms with van der Waals surface area (Å²) in [6.45, 7) is 4.87. The molecular weight excluding hydrogens is 234 g/mol. The first kappa shape index (κ1) is 12.4. The molecule has 0 aliphatic heterocycles. The molecule has 2 aromatic heterocycles. The number of nitrogens with one attached hydrogen (secondary N) is 1. The van der Waals surface area contributed by atoms with Crippen molar-refractivity contribution < 1.29 is 9.52 Å². The molecule has 0 aromatic carbocycles. The van der Waals surface area contributed by atoms with Gasteiger partial charge in [0.1, 0.15) is 17.1 Å². The molecule has 1 atom stereocenters. The topological polar surface area (TPSA) is 45.4 Å². The van der Waals surface area contributed by atoms with Crippen molar-refractivity contribution in [3.05, 3.63) is 46.0 Å². The van der Waals surface area contributed by atoms with Gasteiger partial charge >= 0.3 is 0 Å². The van der Waals surface area contributed by atoms with Crippen LogP contribution in [0.4, 0.5) is 0 Å². The van der Waals surface area contributed by atoms with Gasteiger partial charge in [0.15, 0.2) is 0 Å². The average Bonchev–Trinajstić information content (AvgIpc) is 2.89. The zero-order chi connectivity index (χ0) is 12.3. The van der Waals surface area contributed by atoms with Gasteiger partial charge < -0.3 is 14.8 Å². The number of thiophene rings is 1. The Morgan fingerprint density at radius 3 is 2.82 bits per heavy atom. The molecule has 2 heterocycles. The predicted octanol–water partition coefficient (Wildman–Crippen LogP) is 2.65. The Morgan fingerprint density at radius 2 is 2.24 bits per heavy atom. The summed E-state index contributed by atoms with van der Waals surface area (Å²) in [7, 11) is 0. The van der Waals surface area contributed by atoms with E-state index in [1.165, 1.54) is 4.88 Å². The molecule has 1 unspecified atom stereocenters. The second kappa shape index (κ2) is 5.04. The third-order valence-electron chi connectivity index (χ3n) is 2.62. The molecule has 0 saturated carbocycles. The molecule has 92 valence electrons. The van der Waals surface area contributed by atoms with Crippen LogP contribution in [0.3, 0.4) is 0 Å². The first-order chi connectivity index (χ1) is 8.08. The highest BCUT2D eigenvalue weighted by Crippen LogP contribution is 2.22. The Bertz CT molecular complexity index is 459. The Kier molecular flexibility index (Phi) is 3.66.